The van der Waals surface area contributed by atoms with E-state index in [2.05, 4.69) is 5.32 Å². The quantitative estimate of drug-likeness (QED) is 0.883. The Morgan fingerprint density at radius 1 is 1.22 bits per heavy atom. The molecule has 0 bridgehead atoms. The monoisotopic (exact) mass is 249 g/mol. The molecule has 5 nitrogen and oxygen atoms in total. The van der Waals surface area contributed by atoms with Crippen molar-refractivity contribution in [3.63, 3.8) is 0 Å². The van der Waals surface area contributed by atoms with Crippen molar-refractivity contribution in [2.24, 2.45) is 0 Å². The Bertz CT molecular complexity index is 386. The molecule has 1 N–H and O–H groups in total. The van der Waals surface area contributed by atoms with Gasteiger partial charge in [-0.15, -0.1) is 0 Å². The summed E-state index contributed by atoms with van der Waals surface area (Å²) in [4.78, 5) is 13.6. The van der Waals surface area contributed by atoms with Crippen LogP contribution in [0.15, 0.2) is 24.3 Å². The molecule has 0 aromatic heterocycles. The molecule has 18 heavy (non-hydrogen) atoms. The number of nitrogens with zero attached hydrogens (tertiary/aromatic N) is 1. The highest BCUT2D eigenvalue weighted by atomic mass is 16.5. The van der Waals surface area contributed by atoms with E-state index in [4.69, 9.17) is 4.74 Å². The molecule has 97 valence electrons. The van der Waals surface area contributed by atoms with Gasteiger partial charge in [-0.2, -0.15) is 0 Å². The van der Waals surface area contributed by atoms with Gasteiger partial charge in [0.2, 0.25) is 0 Å². The normalized spacial score (nSPS) is 15.5. The first-order valence-corrected chi connectivity index (χ1v) is 6.10. The van der Waals surface area contributed by atoms with Crippen LogP contribution < -0.4 is 5.32 Å². The van der Waals surface area contributed by atoms with Crippen molar-refractivity contribution < 1.29 is 14.6 Å². The van der Waals surface area contributed by atoms with E-state index in [9.17, 15) is 9.90 Å². The van der Waals surface area contributed by atoms with Gasteiger partial charge in [0.25, 0.3) is 0 Å². The number of nitrogens with one attached hydrogen (secondary N) is 1. The number of anilines is 1. The van der Waals surface area contributed by atoms with Crippen LogP contribution in [-0.2, 0) is 16.3 Å². The Hall–Kier alpha value is -1.59. The first-order valence-electron chi connectivity index (χ1n) is 6.10. The predicted octanol–water partition coefficient (Wildman–Crippen LogP) is 1.52. The largest absolute Gasteiger partial charge is 0.378 e. The lowest BCUT2D eigenvalue weighted by molar-refractivity contribution is 0.0564. The number of ether oxygens (including phenoxy) is 1. The molecule has 0 spiro atoms. The molecule has 0 aliphatic carbocycles. The predicted molar refractivity (Wildman–Crippen MR) is 67.1 cm³/mol. The summed E-state index contributed by atoms with van der Waals surface area (Å²) in [5, 5.41) is 13.3. The zero-order chi connectivity index (χ0) is 12.8. The molecular weight excluding hydrogens is 232 g/mol. The van der Waals surface area contributed by atoms with Gasteiger partial charge >= 0.3 is 6.03 Å². The Morgan fingerprint density at radius 3 is 2.50 bits per heavy atom. The van der Waals surface area contributed by atoms with Crippen molar-refractivity contribution in [1.29, 1.82) is 0 Å². The molecule has 1 aromatic carbocycles. The van der Waals surface area contributed by atoms with E-state index >= 15 is 0 Å². The molecule has 1 heterocycles. The highest BCUT2D eigenvalue weighted by Crippen LogP contribution is 2.11. The van der Waals surface area contributed by atoms with Crippen LogP contribution in [0.4, 0.5) is 10.5 Å². The van der Waals surface area contributed by atoms with E-state index in [1.165, 1.54) is 0 Å². The summed E-state index contributed by atoms with van der Waals surface area (Å²) in [7, 11) is 0. The number of morpholine rings is 1. The van der Waals surface area contributed by atoms with Crippen LogP contribution in [0, 0.1) is 0 Å². The third kappa shape index (κ3) is 3.45. The third-order valence-electron chi connectivity index (χ3n) is 2.89. The maximum atomic E-state index is 11.9. The fourth-order valence-electron chi connectivity index (χ4n) is 1.84. The highest BCUT2D eigenvalue weighted by molar-refractivity contribution is 5.89. The van der Waals surface area contributed by atoms with Gasteiger partial charge in [-0.3, -0.25) is 0 Å². The van der Waals surface area contributed by atoms with Crippen LogP contribution in [-0.4, -0.2) is 43.8 Å². The second-order valence-electron chi connectivity index (χ2n) is 4.18. The summed E-state index contributed by atoms with van der Waals surface area (Å²) in [5.41, 5.74) is 1.75. The van der Waals surface area contributed by atoms with Gasteiger partial charge < -0.3 is 15.0 Å². The number of carbonyl (C=O) groups excluding carboxylic acids is 1. The summed E-state index contributed by atoms with van der Waals surface area (Å²) >= 11 is 0. The van der Waals surface area contributed by atoms with E-state index in [1.807, 2.05) is 24.3 Å². The molecule has 1 aliphatic heterocycles. The maximum Gasteiger partial charge on any atom is 0.321 e. The van der Waals surface area contributed by atoms with Gasteiger partial charge in [0.1, 0.15) is 0 Å². The average Bonchev–Trinajstić information content (AvgIpc) is 2.42. The second kappa shape index (κ2) is 6.37. The van der Waals surface area contributed by atoms with E-state index in [-0.39, 0.29) is 12.6 Å². The van der Waals surface area contributed by atoms with Gasteiger partial charge in [0, 0.05) is 18.8 Å². The van der Waals surface area contributed by atoms with Gasteiger partial charge in [-0.1, -0.05) is 12.1 Å². The van der Waals surface area contributed by atoms with E-state index in [0.29, 0.717) is 32.7 Å². The van der Waals surface area contributed by atoms with E-state index in [1.54, 1.807) is 4.90 Å². The summed E-state index contributed by atoms with van der Waals surface area (Å²) in [5.74, 6) is 0. The minimum Gasteiger partial charge on any atom is -0.378 e. The number of urea groups is 1. The Kier molecular flexibility index (Phi) is 4.55. The molecule has 1 saturated heterocycles. The van der Waals surface area contributed by atoms with Crippen molar-refractivity contribution in [2.45, 2.75) is 6.42 Å². The fourth-order valence-corrected chi connectivity index (χ4v) is 1.84. The topological polar surface area (TPSA) is 61.5 Å². The number of hydrogen-bond acceptors (Lipinski definition) is 2. The van der Waals surface area contributed by atoms with Crippen LogP contribution in [0.2, 0.25) is 0 Å². The second-order valence-corrected chi connectivity index (χ2v) is 4.18. The molecule has 1 fully saturated rings. The first-order chi connectivity index (χ1) is 8.79. The van der Waals surface area contributed by atoms with Gasteiger partial charge in [0.05, 0.1) is 19.8 Å². The Morgan fingerprint density at radius 2 is 1.89 bits per heavy atom. The van der Waals surface area contributed by atoms with Crippen molar-refractivity contribution in [3.8, 4) is 0 Å². The molecule has 0 atom stereocenters. The lowest BCUT2D eigenvalue weighted by atomic mass is 10.1. The summed E-state index contributed by atoms with van der Waals surface area (Å²) in [6.07, 6.45) is 0.525. The minimum absolute atomic E-state index is 0.102. The molecule has 1 aromatic rings. The third-order valence-corrected chi connectivity index (χ3v) is 2.89. The van der Waals surface area contributed by atoms with E-state index < -0.39 is 0 Å². The van der Waals surface area contributed by atoms with Crippen LogP contribution in [0.1, 0.15) is 5.56 Å². The number of amides is 2. The Labute approximate surface area is 106 Å². The number of rotatable bonds is 3. The number of benzene rings is 1. The van der Waals surface area contributed by atoms with Crippen LogP contribution >= 0.6 is 0 Å². The van der Waals surface area contributed by atoms with Crippen LogP contribution in [0.5, 0.6) is 0 Å². The van der Waals surface area contributed by atoms with Crippen LogP contribution in [0.3, 0.4) is 0 Å². The summed E-state index contributed by atoms with van der Waals surface area (Å²) in [6, 6.07) is 7.28. The van der Waals surface area contributed by atoms with Gasteiger partial charge in [-0.25, -0.2) is 9.90 Å². The Balaban J connectivity index is 1.89. The zero-order valence-electron chi connectivity index (χ0n) is 10.2. The summed E-state index contributed by atoms with van der Waals surface area (Å²) in [6.45, 7) is 2.32. The zero-order valence-corrected chi connectivity index (χ0v) is 10.2. The first kappa shape index (κ1) is 12.9. The average molecular weight is 249 g/mol. The molecule has 0 unspecified atom stereocenters. The molecule has 2 amide bonds. The standard InChI is InChI=1S/C13H17N2O3/c16-8-5-11-1-3-12(4-2-11)14-13(17)15-6-9-18-10-7-15/h1-4H,5-10H2,(H,14,17). The van der Waals surface area contributed by atoms with Crippen molar-refractivity contribution in [1.82, 2.24) is 4.90 Å². The van der Waals surface area contributed by atoms with Gasteiger partial charge in [0.15, 0.2) is 0 Å². The van der Waals surface area contributed by atoms with Crippen molar-refractivity contribution in [2.75, 3.05) is 38.2 Å². The SMILES string of the molecule is [O]CCc1ccc(NC(=O)N2CCOCC2)cc1. The van der Waals surface area contributed by atoms with Gasteiger partial charge in [-0.05, 0) is 24.1 Å². The summed E-state index contributed by atoms with van der Waals surface area (Å²) < 4.78 is 5.19. The highest BCUT2D eigenvalue weighted by Gasteiger charge is 2.16. The molecule has 5 heteroatoms. The minimum atomic E-state index is -0.112. The molecule has 0 saturated carbocycles. The number of carbonyl (C=O) groups is 1. The number of hydrogen-bond donors (Lipinski definition) is 1. The molecule has 1 aliphatic rings. The smallest absolute Gasteiger partial charge is 0.321 e. The molecule has 2 rings (SSSR count). The molecular formula is C13H17N2O3. The lowest BCUT2D eigenvalue weighted by Gasteiger charge is -2.26. The van der Waals surface area contributed by atoms with E-state index in [0.717, 1.165) is 11.3 Å². The maximum absolute atomic E-state index is 11.9. The van der Waals surface area contributed by atoms with Crippen LogP contribution in [0.25, 0.3) is 0 Å². The molecule has 1 radical (unpaired) electrons. The van der Waals surface area contributed by atoms with Crippen molar-refractivity contribution in [3.05, 3.63) is 29.8 Å². The van der Waals surface area contributed by atoms with Crippen molar-refractivity contribution >= 4 is 11.7 Å². The lowest BCUT2D eigenvalue weighted by Crippen LogP contribution is -2.43. The fraction of sp³-hybridized carbons (Fsp3) is 0.462.